The van der Waals surface area contributed by atoms with Crippen LogP contribution in [0.5, 0.6) is 5.75 Å². The van der Waals surface area contributed by atoms with Crippen molar-refractivity contribution in [3.05, 3.63) is 17.7 Å². The van der Waals surface area contributed by atoms with Crippen molar-refractivity contribution in [2.45, 2.75) is 39.2 Å². The van der Waals surface area contributed by atoms with E-state index in [9.17, 15) is 4.79 Å². The van der Waals surface area contributed by atoms with Crippen molar-refractivity contribution in [1.29, 1.82) is 0 Å². The molecule has 2 N–H and O–H groups in total. The molecule has 98 valence electrons. The van der Waals surface area contributed by atoms with Crippen LogP contribution in [0.3, 0.4) is 0 Å². The van der Waals surface area contributed by atoms with Gasteiger partial charge in [0.25, 0.3) is 5.91 Å². The number of fused-ring (bicyclic) bond motifs is 1. The third-order valence-corrected chi connectivity index (χ3v) is 3.23. The van der Waals surface area contributed by atoms with Crippen molar-refractivity contribution in [1.82, 2.24) is 0 Å². The minimum absolute atomic E-state index is 0.0482. The third-order valence-electron chi connectivity index (χ3n) is 3.23. The minimum atomic E-state index is -0.452. The first-order valence-corrected chi connectivity index (χ1v) is 6.10. The minimum Gasteiger partial charge on any atom is -0.478 e. The van der Waals surface area contributed by atoms with Gasteiger partial charge in [-0.05, 0) is 24.5 Å². The van der Waals surface area contributed by atoms with Gasteiger partial charge in [-0.3, -0.25) is 4.79 Å². The molecule has 0 fully saturated rings. The number of nitrogen functional groups attached to an aromatic ring is 1. The summed E-state index contributed by atoms with van der Waals surface area (Å²) >= 11 is 0. The fourth-order valence-corrected chi connectivity index (χ4v) is 2.18. The molecule has 4 heteroatoms. The monoisotopic (exact) mass is 248 g/mol. The van der Waals surface area contributed by atoms with Crippen molar-refractivity contribution in [3.8, 4) is 5.75 Å². The number of anilines is 2. The largest absolute Gasteiger partial charge is 0.478 e. The normalized spacial score (nSPS) is 19.5. The standard InChI is InChI=1S/C14H20N2O2/c1-8-13(17)16(5)11-7-9(15)6-10(12(11)18-8)14(2,3)4/h6-8H,15H2,1-5H3. The van der Waals surface area contributed by atoms with Crippen molar-refractivity contribution < 1.29 is 9.53 Å². The van der Waals surface area contributed by atoms with Gasteiger partial charge in [-0.25, -0.2) is 0 Å². The number of hydrogen-bond donors (Lipinski definition) is 1. The number of carbonyl (C=O) groups is 1. The summed E-state index contributed by atoms with van der Waals surface area (Å²) in [5.74, 6) is 0.722. The summed E-state index contributed by atoms with van der Waals surface area (Å²) in [6, 6.07) is 3.71. The quantitative estimate of drug-likeness (QED) is 0.717. The first kappa shape index (κ1) is 12.7. The number of nitrogens with two attached hydrogens (primary N) is 1. The first-order valence-electron chi connectivity index (χ1n) is 6.10. The Labute approximate surface area is 108 Å². The predicted octanol–water partition coefficient (Wildman–Crippen LogP) is 2.31. The molecule has 0 spiro atoms. The molecule has 2 rings (SSSR count). The van der Waals surface area contributed by atoms with E-state index in [-0.39, 0.29) is 11.3 Å². The number of amides is 1. The summed E-state index contributed by atoms with van der Waals surface area (Å²) in [6.45, 7) is 8.08. The summed E-state index contributed by atoms with van der Waals surface area (Å²) in [5.41, 5.74) is 8.28. The average molecular weight is 248 g/mol. The van der Waals surface area contributed by atoms with Gasteiger partial charge in [0.15, 0.2) is 6.10 Å². The molecular weight excluding hydrogens is 228 g/mol. The van der Waals surface area contributed by atoms with Crippen molar-refractivity contribution in [2.24, 2.45) is 0 Å². The highest BCUT2D eigenvalue weighted by Gasteiger charge is 2.33. The number of likely N-dealkylation sites (N-methyl/N-ethyl adjacent to an activating group) is 1. The Kier molecular flexibility index (Phi) is 2.76. The SMILES string of the molecule is CC1Oc2c(cc(N)cc2C(C)(C)C)N(C)C1=O. The Morgan fingerprint density at radius 2 is 1.94 bits per heavy atom. The number of ether oxygens (including phenoxy) is 1. The Morgan fingerprint density at radius 1 is 1.33 bits per heavy atom. The fourth-order valence-electron chi connectivity index (χ4n) is 2.18. The van der Waals surface area contributed by atoms with Gasteiger partial charge in [0, 0.05) is 18.3 Å². The van der Waals surface area contributed by atoms with E-state index in [1.54, 1.807) is 24.9 Å². The second-order valence-corrected chi connectivity index (χ2v) is 5.82. The molecule has 18 heavy (non-hydrogen) atoms. The molecule has 1 heterocycles. The molecular formula is C14H20N2O2. The molecule has 1 amide bonds. The van der Waals surface area contributed by atoms with E-state index < -0.39 is 6.10 Å². The summed E-state index contributed by atoms with van der Waals surface area (Å²) in [5, 5.41) is 0. The van der Waals surface area contributed by atoms with Crippen molar-refractivity contribution in [3.63, 3.8) is 0 Å². The van der Waals surface area contributed by atoms with Gasteiger partial charge < -0.3 is 15.4 Å². The molecule has 1 aliphatic rings. The third kappa shape index (κ3) is 1.92. The summed E-state index contributed by atoms with van der Waals surface area (Å²) in [4.78, 5) is 13.5. The van der Waals surface area contributed by atoms with Gasteiger partial charge in [-0.15, -0.1) is 0 Å². The molecule has 1 unspecified atom stereocenters. The Hall–Kier alpha value is -1.71. The van der Waals surface area contributed by atoms with E-state index in [0.717, 1.165) is 17.0 Å². The smallest absolute Gasteiger partial charge is 0.267 e. The maximum atomic E-state index is 11.9. The lowest BCUT2D eigenvalue weighted by atomic mass is 9.85. The molecule has 1 aliphatic heterocycles. The molecule has 0 radical (unpaired) electrons. The molecule has 0 saturated carbocycles. The molecule has 1 aromatic carbocycles. The Morgan fingerprint density at radius 3 is 2.50 bits per heavy atom. The lowest BCUT2D eigenvalue weighted by Crippen LogP contribution is -2.42. The fraction of sp³-hybridized carbons (Fsp3) is 0.500. The molecule has 0 aromatic heterocycles. The van der Waals surface area contributed by atoms with Crippen LogP contribution >= 0.6 is 0 Å². The highest BCUT2D eigenvalue weighted by Crippen LogP contribution is 2.43. The number of nitrogens with zero attached hydrogens (tertiary/aromatic N) is 1. The van der Waals surface area contributed by atoms with Crippen LogP contribution in [0.15, 0.2) is 12.1 Å². The molecule has 0 bridgehead atoms. The lowest BCUT2D eigenvalue weighted by Gasteiger charge is -2.34. The number of carbonyl (C=O) groups excluding carboxylic acids is 1. The molecule has 1 atom stereocenters. The molecule has 0 aliphatic carbocycles. The summed E-state index contributed by atoms with van der Waals surface area (Å²) < 4.78 is 5.78. The van der Waals surface area contributed by atoms with Crippen LogP contribution in [0.4, 0.5) is 11.4 Å². The summed E-state index contributed by atoms with van der Waals surface area (Å²) in [7, 11) is 1.76. The van der Waals surface area contributed by atoms with E-state index in [0.29, 0.717) is 5.69 Å². The van der Waals surface area contributed by atoms with Gasteiger partial charge in [-0.1, -0.05) is 20.8 Å². The molecule has 4 nitrogen and oxygen atoms in total. The average Bonchev–Trinajstić information content (AvgIpc) is 2.25. The van der Waals surface area contributed by atoms with E-state index in [1.165, 1.54) is 0 Å². The van der Waals surface area contributed by atoms with Crippen molar-refractivity contribution in [2.75, 3.05) is 17.7 Å². The maximum Gasteiger partial charge on any atom is 0.267 e. The predicted molar refractivity (Wildman–Crippen MR) is 73.1 cm³/mol. The maximum absolute atomic E-state index is 11.9. The van der Waals surface area contributed by atoms with Crippen LogP contribution in [-0.2, 0) is 10.2 Å². The van der Waals surface area contributed by atoms with E-state index in [1.807, 2.05) is 6.07 Å². The highest BCUT2D eigenvalue weighted by atomic mass is 16.5. The van der Waals surface area contributed by atoms with Gasteiger partial charge in [0.05, 0.1) is 5.69 Å². The van der Waals surface area contributed by atoms with Crippen LogP contribution < -0.4 is 15.4 Å². The zero-order chi connectivity index (χ0) is 13.7. The van der Waals surface area contributed by atoms with E-state index >= 15 is 0 Å². The first-order chi connectivity index (χ1) is 8.21. The van der Waals surface area contributed by atoms with Crippen LogP contribution in [0.1, 0.15) is 33.3 Å². The van der Waals surface area contributed by atoms with Gasteiger partial charge >= 0.3 is 0 Å². The van der Waals surface area contributed by atoms with Crippen molar-refractivity contribution >= 4 is 17.3 Å². The molecule has 1 aromatic rings. The van der Waals surface area contributed by atoms with E-state index in [2.05, 4.69) is 20.8 Å². The number of hydrogen-bond acceptors (Lipinski definition) is 3. The van der Waals surface area contributed by atoms with Gasteiger partial charge in [0.1, 0.15) is 5.75 Å². The lowest BCUT2D eigenvalue weighted by molar-refractivity contribution is -0.125. The van der Waals surface area contributed by atoms with E-state index in [4.69, 9.17) is 10.5 Å². The van der Waals surface area contributed by atoms with Crippen LogP contribution in [0, 0.1) is 0 Å². The zero-order valence-electron chi connectivity index (χ0n) is 11.6. The number of rotatable bonds is 0. The Bertz CT molecular complexity index is 503. The van der Waals surface area contributed by atoms with Crippen LogP contribution in [-0.4, -0.2) is 19.1 Å². The summed E-state index contributed by atoms with van der Waals surface area (Å²) in [6.07, 6.45) is -0.452. The van der Waals surface area contributed by atoms with Gasteiger partial charge in [-0.2, -0.15) is 0 Å². The topological polar surface area (TPSA) is 55.6 Å². The number of benzene rings is 1. The zero-order valence-corrected chi connectivity index (χ0v) is 11.6. The van der Waals surface area contributed by atoms with Gasteiger partial charge in [0.2, 0.25) is 0 Å². The van der Waals surface area contributed by atoms with Crippen LogP contribution in [0.2, 0.25) is 0 Å². The second kappa shape index (κ2) is 3.90. The Balaban J connectivity index is 2.67. The second-order valence-electron chi connectivity index (χ2n) is 5.82. The molecule has 0 saturated heterocycles. The highest BCUT2D eigenvalue weighted by molar-refractivity contribution is 6.00. The van der Waals surface area contributed by atoms with Crippen LogP contribution in [0.25, 0.3) is 0 Å².